The predicted molar refractivity (Wildman–Crippen MR) is 115 cm³/mol. The number of hydrogen-bond donors (Lipinski definition) is 1. The molecule has 1 aromatic carbocycles. The van der Waals surface area contributed by atoms with E-state index >= 15 is 0 Å². The molecule has 30 heavy (non-hydrogen) atoms. The van der Waals surface area contributed by atoms with Crippen molar-refractivity contribution in [2.75, 3.05) is 31.2 Å². The summed E-state index contributed by atoms with van der Waals surface area (Å²) in [6, 6.07) is 3.75. The molecular formula is C21H29FN4O3S. The van der Waals surface area contributed by atoms with Crippen LogP contribution in [0.25, 0.3) is 0 Å². The second-order valence-corrected chi connectivity index (χ2v) is 9.72. The van der Waals surface area contributed by atoms with Crippen LogP contribution >= 0.6 is 0 Å². The lowest BCUT2D eigenvalue weighted by Crippen LogP contribution is -2.38. The van der Waals surface area contributed by atoms with E-state index in [0.29, 0.717) is 17.3 Å². The van der Waals surface area contributed by atoms with E-state index in [1.807, 2.05) is 6.92 Å². The van der Waals surface area contributed by atoms with Crippen LogP contribution in [0, 0.1) is 12.7 Å². The Morgan fingerprint density at radius 3 is 2.63 bits per heavy atom. The number of piperidine rings is 1. The van der Waals surface area contributed by atoms with E-state index in [2.05, 4.69) is 27.1 Å². The highest BCUT2D eigenvalue weighted by atomic mass is 32.2. The van der Waals surface area contributed by atoms with Gasteiger partial charge in [-0.25, -0.2) is 22.8 Å². The van der Waals surface area contributed by atoms with E-state index in [-0.39, 0.29) is 16.7 Å². The van der Waals surface area contributed by atoms with E-state index in [9.17, 15) is 12.8 Å². The number of unbranched alkanes of at least 4 members (excludes halogenated alkanes) is 1. The van der Waals surface area contributed by atoms with Crippen LogP contribution < -0.4 is 10.1 Å². The summed E-state index contributed by atoms with van der Waals surface area (Å²) < 4.78 is 43.7. The third-order valence-electron chi connectivity index (χ3n) is 5.30. The Bertz CT molecular complexity index is 976. The standard InChI is InChI=1S/C21H29FN4O3S/c1-4-5-10-26-11-8-16(9-12-26)29-21-15(2)20(23-14-24-21)25-19-7-6-17(13-18(19)22)30(3,27)28/h6-7,13-14,16H,4-5,8-12H2,1-3H3,(H,23,24,25). The van der Waals surface area contributed by atoms with Crippen LogP contribution in [0.1, 0.15) is 38.2 Å². The quantitative estimate of drug-likeness (QED) is 0.675. The first-order valence-corrected chi connectivity index (χ1v) is 12.1. The zero-order chi connectivity index (χ0) is 21.7. The number of ether oxygens (including phenoxy) is 1. The van der Waals surface area contributed by atoms with Crippen LogP contribution in [0.3, 0.4) is 0 Å². The van der Waals surface area contributed by atoms with Crippen molar-refractivity contribution in [2.45, 2.75) is 50.5 Å². The maximum absolute atomic E-state index is 14.4. The lowest BCUT2D eigenvalue weighted by atomic mass is 10.1. The monoisotopic (exact) mass is 436 g/mol. The van der Waals surface area contributed by atoms with E-state index in [1.165, 1.54) is 31.3 Å². The summed E-state index contributed by atoms with van der Waals surface area (Å²) in [5, 5.41) is 2.92. The van der Waals surface area contributed by atoms with Crippen molar-refractivity contribution in [3.8, 4) is 5.88 Å². The Balaban J connectivity index is 1.67. The van der Waals surface area contributed by atoms with Gasteiger partial charge in [0.25, 0.3) is 0 Å². The number of benzene rings is 1. The lowest BCUT2D eigenvalue weighted by Gasteiger charge is -2.32. The average Bonchev–Trinajstić information content (AvgIpc) is 2.71. The molecule has 0 bridgehead atoms. The molecule has 1 aromatic heterocycles. The highest BCUT2D eigenvalue weighted by Gasteiger charge is 2.22. The minimum Gasteiger partial charge on any atom is -0.474 e. The van der Waals surface area contributed by atoms with Crippen molar-refractivity contribution in [2.24, 2.45) is 0 Å². The van der Waals surface area contributed by atoms with E-state index in [4.69, 9.17) is 4.74 Å². The number of sulfone groups is 1. The highest BCUT2D eigenvalue weighted by Crippen LogP contribution is 2.28. The lowest BCUT2D eigenvalue weighted by molar-refractivity contribution is 0.0955. The minimum atomic E-state index is -3.47. The summed E-state index contributed by atoms with van der Waals surface area (Å²) >= 11 is 0. The van der Waals surface area contributed by atoms with Crippen LogP contribution in [0.4, 0.5) is 15.9 Å². The van der Waals surface area contributed by atoms with Crippen molar-refractivity contribution in [1.82, 2.24) is 14.9 Å². The number of nitrogens with zero attached hydrogens (tertiary/aromatic N) is 3. The van der Waals surface area contributed by atoms with E-state index < -0.39 is 15.7 Å². The number of nitrogens with one attached hydrogen (secondary N) is 1. The molecule has 0 unspecified atom stereocenters. The first-order valence-electron chi connectivity index (χ1n) is 10.2. The Labute approximate surface area is 177 Å². The highest BCUT2D eigenvalue weighted by molar-refractivity contribution is 7.90. The largest absolute Gasteiger partial charge is 0.474 e. The fourth-order valence-electron chi connectivity index (χ4n) is 3.42. The van der Waals surface area contributed by atoms with Gasteiger partial charge < -0.3 is 15.0 Å². The second-order valence-electron chi connectivity index (χ2n) is 7.70. The zero-order valence-electron chi connectivity index (χ0n) is 17.7. The summed E-state index contributed by atoms with van der Waals surface area (Å²) in [4.78, 5) is 10.8. The summed E-state index contributed by atoms with van der Waals surface area (Å²) in [5.74, 6) is 0.233. The third-order valence-corrected chi connectivity index (χ3v) is 6.41. The number of anilines is 2. The Morgan fingerprint density at radius 2 is 2.00 bits per heavy atom. The Hall–Kier alpha value is -2.26. The van der Waals surface area contributed by atoms with Crippen molar-refractivity contribution in [3.63, 3.8) is 0 Å². The molecule has 0 radical (unpaired) electrons. The fraction of sp³-hybridized carbons (Fsp3) is 0.524. The van der Waals surface area contributed by atoms with Crippen LogP contribution in [0.15, 0.2) is 29.4 Å². The molecule has 0 amide bonds. The number of likely N-dealkylation sites (tertiary alicyclic amines) is 1. The molecule has 1 fully saturated rings. The van der Waals surface area contributed by atoms with Gasteiger partial charge in [-0.2, -0.15) is 0 Å². The number of halogens is 1. The van der Waals surface area contributed by atoms with Crippen molar-refractivity contribution in [1.29, 1.82) is 0 Å². The normalized spacial score (nSPS) is 15.9. The first kappa shape index (κ1) is 22.4. The Kier molecular flexibility index (Phi) is 7.25. The van der Waals surface area contributed by atoms with Crippen LogP contribution in [0.2, 0.25) is 0 Å². The van der Waals surface area contributed by atoms with Gasteiger partial charge >= 0.3 is 0 Å². The van der Waals surface area contributed by atoms with Crippen molar-refractivity contribution in [3.05, 3.63) is 35.9 Å². The van der Waals surface area contributed by atoms with Gasteiger partial charge in [-0.05, 0) is 50.9 Å². The molecule has 9 heteroatoms. The summed E-state index contributed by atoms with van der Waals surface area (Å²) in [5.41, 5.74) is 0.817. The molecule has 1 N–H and O–H groups in total. The second kappa shape index (κ2) is 9.70. The van der Waals surface area contributed by atoms with Gasteiger partial charge in [-0.1, -0.05) is 13.3 Å². The molecule has 7 nitrogen and oxygen atoms in total. The van der Waals surface area contributed by atoms with Gasteiger partial charge in [0, 0.05) is 19.3 Å². The number of rotatable bonds is 8. The minimum absolute atomic E-state index is 0.0701. The third kappa shape index (κ3) is 5.66. The number of hydrogen-bond acceptors (Lipinski definition) is 7. The molecule has 0 aliphatic carbocycles. The maximum atomic E-state index is 14.4. The predicted octanol–water partition coefficient (Wildman–Crippen LogP) is 3.71. The van der Waals surface area contributed by atoms with Gasteiger partial charge in [0.15, 0.2) is 9.84 Å². The maximum Gasteiger partial charge on any atom is 0.221 e. The molecule has 0 atom stereocenters. The molecule has 1 aliphatic rings. The summed E-state index contributed by atoms with van der Waals surface area (Å²) in [6.07, 6.45) is 6.81. The summed E-state index contributed by atoms with van der Waals surface area (Å²) in [6.45, 7) is 7.17. The van der Waals surface area contributed by atoms with E-state index in [0.717, 1.165) is 44.8 Å². The summed E-state index contributed by atoms with van der Waals surface area (Å²) in [7, 11) is -3.47. The molecule has 3 rings (SSSR count). The molecule has 2 heterocycles. The molecule has 2 aromatic rings. The Morgan fingerprint density at radius 1 is 1.27 bits per heavy atom. The molecule has 1 aliphatic heterocycles. The van der Waals surface area contributed by atoms with Crippen LogP contribution in [0.5, 0.6) is 5.88 Å². The van der Waals surface area contributed by atoms with Gasteiger partial charge in [0.1, 0.15) is 24.1 Å². The molecular weight excluding hydrogens is 407 g/mol. The van der Waals surface area contributed by atoms with Gasteiger partial charge in [0.2, 0.25) is 5.88 Å². The van der Waals surface area contributed by atoms with Gasteiger partial charge in [0.05, 0.1) is 16.1 Å². The molecule has 0 saturated carbocycles. The molecule has 1 saturated heterocycles. The fourth-order valence-corrected chi connectivity index (χ4v) is 4.06. The van der Waals surface area contributed by atoms with Crippen LogP contribution in [-0.2, 0) is 9.84 Å². The average molecular weight is 437 g/mol. The van der Waals surface area contributed by atoms with Crippen molar-refractivity contribution >= 4 is 21.3 Å². The SMILES string of the molecule is CCCCN1CCC(Oc2ncnc(Nc3ccc(S(C)(=O)=O)cc3F)c2C)CC1. The van der Waals surface area contributed by atoms with Crippen LogP contribution in [-0.4, -0.2) is 55.3 Å². The van der Waals surface area contributed by atoms with Gasteiger partial charge in [-0.3, -0.25) is 0 Å². The number of aromatic nitrogens is 2. The molecule has 164 valence electrons. The topological polar surface area (TPSA) is 84.4 Å². The first-order chi connectivity index (χ1) is 14.3. The van der Waals surface area contributed by atoms with E-state index in [1.54, 1.807) is 0 Å². The molecule has 0 spiro atoms. The van der Waals surface area contributed by atoms with Gasteiger partial charge in [-0.15, -0.1) is 0 Å². The smallest absolute Gasteiger partial charge is 0.221 e. The zero-order valence-corrected chi connectivity index (χ0v) is 18.5. The van der Waals surface area contributed by atoms with Crippen molar-refractivity contribution < 1.29 is 17.5 Å².